The van der Waals surface area contributed by atoms with E-state index in [0.29, 0.717) is 22.8 Å². The van der Waals surface area contributed by atoms with E-state index in [1.165, 1.54) is 18.0 Å². The number of anilines is 1. The molecule has 2 aromatic rings. The van der Waals surface area contributed by atoms with Crippen LogP contribution in [0.5, 0.6) is 0 Å². The largest absolute Gasteiger partial charge is 0.332 e. The van der Waals surface area contributed by atoms with Gasteiger partial charge in [0, 0.05) is 17.1 Å². The quantitative estimate of drug-likeness (QED) is 0.876. The first-order valence-electron chi connectivity index (χ1n) is 8.79. The van der Waals surface area contributed by atoms with E-state index in [-0.39, 0.29) is 17.1 Å². The third kappa shape index (κ3) is 2.52. The fourth-order valence-electron chi connectivity index (χ4n) is 5.80. The van der Waals surface area contributed by atoms with E-state index in [0.717, 1.165) is 32.1 Å². The molecule has 4 bridgehead atoms. The highest BCUT2D eigenvalue weighted by molar-refractivity contribution is 7.09. The minimum Gasteiger partial charge on any atom is -0.332 e. The molecule has 9 heteroatoms. The minimum absolute atomic E-state index is 0.00713. The van der Waals surface area contributed by atoms with Crippen LogP contribution in [0.15, 0.2) is 12.7 Å². The third-order valence-corrected chi connectivity index (χ3v) is 6.78. The van der Waals surface area contributed by atoms with Crippen molar-refractivity contribution < 1.29 is 4.79 Å². The first-order valence-corrected chi connectivity index (χ1v) is 9.56. The summed E-state index contributed by atoms with van der Waals surface area (Å²) in [6.07, 6.45) is 10.1. The maximum Gasteiger partial charge on any atom is 0.321 e. The van der Waals surface area contributed by atoms with Crippen molar-refractivity contribution in [1.29, 1.82) is 0 Å². The van der Waals surface area contributed by atoms with Gasteiger partial charge in [0.05, 0.1) is 5.54 Å². The van der Waals surface area contributed by atoms with Crippen molar-refractivity contribution in [3.8, 4) is 0 Å². The Labute approximate surface area is 149 Å². The number of urea groups is 1. The zero-order valence-corrected chi connectivity index (χ0v) is 14.9. The molecule has 4 saturated carbocycles. The number of rotatable bonds is 3. The molecular formula is C16H21N7OS. The number of hydrogen-bond acceptors (Lipinski definition) is 6. The molecule has 2 heterocycles. The Morgan fingerprint density at radius 2 is 2.12 bits per heavy atom. The lowest BCUT2D eigenvalue weighted by Crippen LogP contribution is -2.66. The number of nitrogens with one attached hydrogen (secondary N) is 2. The Morgan fingerprint density at radius 3 is 2.76 bits per heavy atom. The van der Waals surface area contributed by atoms with E-state index < -0.39 is 0 Å². The Balaban J connectivity index is 1.38. The molecule has 2 unspecified atom stereocenters. The summed E-state index contributed by atoms with van der Waals surface area (Å²) in [4.78, 5) is 21.0. The highest BCUT2D eigenvalue weighted by Crippen LogP contribution is 2.60. The van der Waals surface area contributed by atoms with Crippen LogP contribution in [0.2, 0.25) is 0 Å². The van der Waals surface area contributed by atoms with Gasteiger partial charge in [0.2, 0.25) is 5.13 Å². The van der Waals surface area contributed by atoms with Crippen molar-refractivity contribution in [2.75, 3.05) is 5.32 Å². The van der Waals surface area contributed by atoms with Crippen LogP contribution in [0.1, 0.15) is 44.3 Å². The summed E-state index contributed by atoms with van der Waals surface area (Å²) in [5.74, 6) is 1.98. The molecule has 2 N–H and O–H groups in total. The van der Waals surface area contributed by atoms with Gasteiger partial charge in [-0.15, -0.1) is 0 Å². The molecule has 8 nitrogen and oxygen atoms in total. The topological polar surface area (TPSA) is 97.6 Å². The lowest BCUT2D eigenvalue weighted by molar-refractivity contribution is -0.0728. The number of carbonyl (C=O) groups excluding carboxylic acids is 1. The number of nitrogens with zero attached hydrogens (tertiary/aromatic N) is 5. The Bertz CT molecular complexity index is 787. The molecule has 4 fully saturated rings. The normalized spacial score (nSPS) is 35.7. The second-order valence-corrected chi connectivity index (χ2v) is 8.78. The minimum atomic E-state index is -0.174. The molecule has 0 radical (unpaired) electrons. The fraction of sp³-hybridized carbons (Fsp3) is 0.688. The van der Waals surface area contributed by atoms with E-state index in [2.05, 4.69) is 30.1 Å². The van der Waals surface area contributed by atoms with Crippen LogP contribution >= 0.6 is 11.5 Å². The summed E-state index contributed by atoms with van der Waals surface area (Å²) >= 11 is 1.21. The van der Waals surface area contributed by atoms with Gasteiger partial charge in [-0.3, -0.25) is 5.32 Å². The van der Waals surface area contributed by atoms with Crippen LogP contribution in [0.25, 0.3) is 0 Å². The Morgan fingerprint density at radius 1 is 1.32 bits per heavy atom. The molecule has 2 amide bonds. The van der Waals surface area contributed by atoms with Crippen LogP contribution in [-0.4, -0.2) is 35.7 Å². The van der Waals surface area contributed by atoms with Crippen molar-refractivity contribution in [3.05, 3.63) is 18.5 Å². The smallest absolute Gasteiger partial charge is 0.321 e. The molecule has 4 aliphatic rings. The monoisotopic (exact) mass is 359 g/mol. The van der Waals surface area contributed by atoms with Crippen LogP contribution in [-0.2, 0) is 5.54 Å². The van der Waals surface area contributed by atoms with Crippen LogP contribution in [0.3, 0.4) is 0 Å². The molecule has 0 spiro atoms. The van der Waals surface area contributed by atoms with E-state index in [4.69, 9.17) is 0 Å². The van der Waals surface area contributed by atoms with Gasteiger partial charge in [0.15, 0.2) is 0 Å². The maximum absolute atomic E-state index is 12.6. The standard InChI is InChI=1S/C16H21N7OS/c1-10-19-14(25-22-10)20-13(24)21-15-3-11-2-12(4-15)6-16(5-11,7-15)23-9-17-8-18-23/h8-9,11-12H,2-7H2,1H3,(H2,19,20,21,22,24)/t11-,12+,15?,16?. The summed E-state index contributed by atoms with van der Waals surface area (Å²) in [7, 11) is 0. The summed E-state index contributed by atoms with van der Waals surface area (Å²) in [5.41, 5.74) is -0.146. The number of aromatic nitrogens is 5. The second kappa shape index (κ2) is 5.23. The van der Waals surface area contributed by atoms with Crippen molar-refractivity contribution >= 4 is 22.7 Å². The Hall–Kier alpha value is -2.03. The van der Waals surface area contributed by atoms with Gasteiger partial charge in [0.25, 0.3) is 0 Å². The Kier molecular flexibility index (Phi) is 3.19. The van der Waals surface area contributed by atoms with Crippen LogP contribution in [0.4, 0.5) is 9.93 Å². The average molecular weight is 359 g/mol. The first-order chi connectivity index (χ1) is 12.0. The molecular weight excluding hydrogens is 338 g/mol. The summed E-state index contributed by atoms with van der Waals surface area (Å²) in [6.45, 7) is 1.82. The molecule has 0 aromatic carbocycles. The number of hydrogen-bond donors (Lipinski definition) is 2. The molecule has 4 aliphatic carbocycles. The SMILES string of the molecule is Cc1nsc(NC(=O)NC23C[C@H]4C[C@@H](C2)CC(n2cncn2)(C4)C3)n1. The van der Waals surface area contributed by atoms with E-state index in [1.807, 2.05) is 17.9 Å². The van der Waals surface area contributed by atoms with Gasteiger partial charge in [-0.1, -0.05) is 0 Å². The van der Waals surface area contributed by atoms with Crippen LogP contribution in [0, 0.1) is 18.8 Å². The van der Waals surface area contributed by atoms with Crippen LogP contribution < -0.4 is 10.6 Å². The summed E-state index contributed by atoms with van der Waals surface area (Å²) in [6, 6.07) is -0.174. The van der Waals surface area contributed by atoms with Gasteiger partial charge in [-0.2, -0.15) is 9.47 Å². The van der Waals surface area contributed by atoms with Gasteiger partial charge >= 0.3 is 6.03 Å². The van der Waals surface area contributed by atoms with Gasteiger partial charge < -0.3 is 5.32 Å². The lowest BCUT2D eigenvalue weighted by atomic mass is 9.50. The van der Waals surface area contributed by atoms with E-state index in [9.17, 15) is 4.79 Å². The number of carbonyl (C=O) groups is 1. The molecule has 132 valence electrons. The summed E-state index contributed by atoms with van der Waals surface area (Å²) in [5, 5.41) is 11.1. The van der Waals surface area contributed by atoms with E-state index >= 15 is 0 Å². The average Bonchev–Trinajstić information content (AvgIpc) is 3.17. The van der Waals surface area contributed by atoms with Crippen molar-refractivity contribution in [3.63, 3.8) is 0 Å². The number of aryl methyl sites for hydroxylation is 1. The predicted molar refractivity (Wildman–Crippen MR) is 92.2 cm³/mol. The molecule has 0 saturated heterocycles. The van der Waals surface area contributed by atoms with Crippen molar-refractivity contribution in [2.24, 2.45) is 11.8 Å². The highest BCUT2D eigenvalue weighted by atomic mass is 32.1. The zero-order valence-electron chi connectivity index (χ0n) is 14.1. The third-order valence-electron chi connectivity index (χ3n) is 6.06. The molecule has 0 aliphatic heterocycles. The van der Waals surface area contributed by atoms with E-state index in [1.54, 1.807) is 6.33 Å². The predicted octanol–water partition coefficient (Wildman–Crippen LogP) is 2.31. The van der Waals surface area contributed by atoms with Gasteiger partial charge in [-0.25, -0.2) is 19.4 Å². The molecule has 4 atom stereocenters. The van der Waals surface area contributed by atoms with Gasteiger partial charge in [0.1, 0.15) is 18.5 Å². The first kappa shape index (κ1) is 15.2. The fourth-order valence-corrected chi connectivity index (χ4v) is 6.37. The summed E-state index contributed by atoms with van der Waals surface area (Å²) < 4.78 is 6.16. The highest BCUT2D eigenvalue weighted by Gasteiger charge is 2.59. The zero-order chi connectivity index (χ0) is 17.1. The lowest BCUT2D eigenvalue weighted by Gasteiger charge is -2.61. The van der Waals surface area contributed by atoms with Gasteiger partial charge in [-0.05, 0) is 57.3 Å². The molecule has 2 aromatic heterocycles. The molecule has 6 rings (SSSR count). The second-order valence-electron chi connectivity index (χ2n) is 8.03. The molecule has 25 heavy (non-hydrogen) atoms. The maximum atomic E-state index is 12.6. The van der Waals surface area contributed by atoms with Crippen molar-refractivity contribution in [1.82, 2.24) is 29.4 Å². The van der Waals surface area contributed by atoms with Crippen molar-refractivity contribution in [2.45, 2.75) is 56.5 Å². The number of amides is 2.